The predicted molar refractivity (Wildman–Crippen MR) is 97.6 cm³/mol. The lowest BCUT2D eigenvalue weighted by Crippen LogP contribution is -2.06. The summed E-state index contributed by atoms with van der Waals surface area (Å²) in [6, 6.07) is 13.1. The highest BCUT2D eigenvalue weighted by Crippen LogP contribution is 2.25. The summed E-state index contributed by atoms with van der Waals surface area (Å²) in [5.74, 6) is 1.44. The van der Waals surface area contributed by atoms with Gasteiger partial charge in [0, 0.05) is 27.1 Å². The van der Waals surface area contributed by atoms with E-state index in [1.807, 2.05) is 30.3 Å². The molecule has 0 saturated carbocycles. The zero-order valence-electron chi connectivity index (χ0n) is 11.9. The van der Waals surface area contributed by atoms with Gasteiger partial charge in [-0.3, -0.25) is 0 Å². The standard InChI is InChI=1S/C16H14Cl3NOS/c1-21-20-16(13-7-6-12(17)8-15(13)19)10-22-9-11-4-2-3-5-14(11)18/h2-8H,9-10H2,1H3/b20-16-. The van der Waals surface area contributed by atoms with Crippen molar-refractivity contribution in [2.75, 3.05) is 12.9 Å². The summed E-state index contributed by atoms with van der Waals surface area (Å²) in [5, 5.41) is 5.99. The molecule has 0 atom stereocenters. The van der Waals surface area contributed by atoms with Gasteiger partial charge >= 0.3 is 0 Å². The molecule has 0 aliphatic carbocycles. The molecule has 2 rings (SSSR count). The van der Waals surface area contributed by atoms with Crippen molar-refractivity contribution >= 4 is 52.3 Å². The highest BCUT2D eigenvalue weighted by Gasteiger charge is 2.11. The molecule has 0 spiro atoms. The second-order valence-corrected chi connectivity index (χ2v) is 6.67. The smallest absolute Gasteiger partial charge is 0.106 e. The Balaban J connectivity index is 2.07. The molecule has 0 aromatic heterocycles. The second-order valence-electron chi connectivity index (χ2n) is 4.43. The SMILES string of the molecule is CO/N=C(/CSCc1ccccc1Cl)c1ccc(Cl)cc1Cl. The highest BCUT2D eigenvalue weighted by molar-refractivity contribution is 7.99. The average molecular weight is 375 g/mol. The first-order chi connectivity index (χ1) is 10.6. The topological polar surface area (TPSA) is 21.6 Å². The first-order valence-corrected chi connectivity index (χ1v) is 8.77. The normalized spacial score (nSPS) is 11.5. The molecule has 6 heteroatoms. The Labute approximate surface area is 149 Å². The largest absolute Gasteiger partial charge is 0.399 e. The molecule has 2 aromatic rings. The van der Waals surface area contributed by atoms with Crippen molar-refractivity contribution in [2.45, 2.75) is 5.75 Å². The van der Waals surface area contributed by atoms with Gasteiger partial charge in [-0.25, -0.2) is 0 Å². The molecule has 0 aliphatic rings. The predicted octanol–water partition coefficient (Wildman–Crippen LogP) is 5.93. The second kappa shape index (κ2) is 8.68. The van der Waals surface area contributed by atoms with Crippen molar-refractivity contribution in [3.63, 3.8) is 0 Å². The Morgan fingerprint density at radius 3 is 2.55 bits per heavy atom. The van der Waals surface area contributed by atoms with Crippen LogP contribution in [0, 0.1) is 0 Å². The molecule has 2 aromatic carbocycles. The number of benzene rings is 2. The molecule has 0 unspecified atom stereocenters. The van der Waals surface area contributed by atoms with Gasteiger partial charge in [0.25, 0.3) is 0 Å². The van der Waals surface area contributed by atoms with Crippen molar-refractivity contribution in [3.8, 4) is 0 Å². The van der Waals surface area contributed by atoms with Crippen molar-refractivity contribution in [3.05, 3.63) is 68.7 Å². The minimum Gasteiger partial charge on any atom is -0.399 e. The van der Waals surface area contributed by atoms with E-state index >= 15 is 0 Å². The van der Waals surface area contributed by atoms with Crippen molar-refractivity contribution in [1.29, 1.82) is 0 Å². The van der Waals surface area contributed by atoms with Crippen LogP contribution in [0.5, 0.6) is 0 Å². The molecule has 0 aliphatic heterocycles. The first kappa shape index (κ1) is 17.5. The number of thioether (sulfide) groups is 1. The summed E-state index contributed by atoms with van der Waals surface area (Å²) in [7, 11) is 1.52. The fourth-order valence-corrected chi connectivity index (χ4v) is 3.63. The maximum Gasteiger partial charge on any atom is 0.106 e. The lowest BCUT2D eigenvalue weighted by molar-refractivity contribution is 0.213. The number of oxime groups is 1. The summed E-state index contributed by atoms with van der Waals surface area (Å²) >= 11 is 20.0. The quantitative estimate of drug-likeness (QED) is 0.461. The Morgan fingerprint density at radius 1 is 1.09 bits per heavy atom. The fourth-order valence-electron chi connectivity index (χ4n) is 1.86. The first-order valence-electron chi connectivity index (χ1n) is 6.48. The Kier molecular flexibility index (Phi) is 6.90. The molecule has 0 radical (unpaired) electrons. The average Bonchev–Trinajstić information content (AvgIpc) is 2.48. The molecule has 0 heterocycles. The number of halogens is 3. The third-order valence-electron chi connectivity index (χ3n) is 2.90. The van der Waals surface area contributed by atoms with Gasteiger partial charge in [0.15, 0.2) is 0 Å². The van der Waals surface area contributed by atoms with E-state index in [1.165, 1.54) is 7.11 Å². The molecule has 22 heavy (non-hydrogen) atoms. The molecule has 116 valence electrons. The maximum atomic E-state index is 6.23. The van der Waals surface area contributed by atoms with Crippen LogP contribution < -0.4 is 0 Å². The number of nitrogens with zero attached hydrogens (tertiary/aromatic N) is 1. The minimum absolute atomic E-state index is 0.557. The number of hydrogen-bond acceptors (Lipinski definition) is 3. The van der Waals surface area contributed by atoms with E-state index in [0.717, 1.165) is 27.6 Å². The summed E-state index contributed by atoms with van der Waals surface area (Å²) in [5.41, 5.74) is 2.67. The zero-order chi connectivity index (χ0) is 15.9. The van der Waals surface area contributed by atoms with Gasteiger partial charge in [-0.15, -0.1) is 0 Å². The third-order valence-corrected chi connectivity index (χ3v) is 4.81. The molecule has 0 amide bonds. The van der Waals surface area contributed by atoms with Crippen LogP contribution >= 0.6 is 46.6 Å². The van der Waals surface area contributed by atoms with Crippen LogP contribution in [0.15, 0.2) is 47.6 Å². The van der Waals surface area contributed by atoms with Crippen LogP contribution in [0.1, 0.15) is 11.1 Å². The molecule has 0 saturated heterocycles. The van der Waals surface area contributed by atoms with Gasteiger partial charge in [0.1, 0.15) is 7.11 Å². The fraction of sp³-hybridized carbons (Fsp3) is 0.188. The Bertz CT molecular complexity index is 676. The van der Waals surface area contributed by atoms with Crippen LogP contribution in [-0.4, -0.2) is 18.6 Å². The minimum atomic E-state index is 0.557. The molecule has 0 bridgehead atoms. The summed E-state index contributed by atoms with van der Waals surface area (Å²) in [6.45, 7) is 0. The van der Waals surface area contributed by atoms with E-state index in [9.17, 15) is 0 Å². The summed E-state index contributed by atoms with van der Waals surface area (Å²) in [6.07, 6.45) is 0. The van der Waals surface area contributed by atoms with Crippen LogP contribution in [-0.2, 0) is 10.6 Å². The van der Waals surface area contributed by atoms with E-state index < -0.39 is 0 Å². The van der Waals surface area contributed by atoms with Crippen molar-refractivity contribution in [1.82, 2.24) is 0 Å². The molecule has 0 fully saturated rings. The molecule has 2 nitrogen and oxygen atoms in total. The van der Waals surface area contributed by atoms with Gasteiger partial charge in [0.05, 0.1) is 10.7 Å². The van der Waals surface area contributed by atoms with Gasteiger partial charge in [0.2, 0.25) is 0 Å². The lowest BCUT2D eigenvalue weighted by Gasteiger charge is -2.09. The van der Waals surface area contributed by atoms with E-state index in [2.05, 4.69) is 5.16 Å². The summed E-state index contributed by atoms with van der Waals surface area (Å²) < 4.78 is 0. The van der Waals surface area contributed by atoms with Crippen molar-refractivity contribution in [2.24, 2.45) is 5.16 Å². The van der Waals surface area contributed by atoms with Gasteiger partial charge in [-0.1, -0.05) is 64.2 Å². The van der Waals surface area contributed by atoms with Crippen molar-refractivity contribution < 1.29 is 4.84 Å². The Hall–Kier alpha value is -0.870. The Morgan fingerprint density at radius 2 is 1.86 bits per heavy atom. The lowest BCUT2D eigenvalue weighted by atomic mass is 10.1. The van der Waals surface area contributed by atoms with Gasteiger partial charge < -0.3 is 4.84 Å². The summed E-state index contributed by atoms with van der Waals surface area (Å²) in [4.78, 5) is 4.93. The van der Waals surface area contributed by atoms with Crippen LogP contribution in [0.3, 0.4) is 0 Å². The van der Waals surface area contributed by atoms with E-state index in [0.29, 0.717) is 15.8 Å². The molecule has 0 N–H and O–H groups in total. The highest BCUT2D eigenvalue weighted by atomic mass is 35.5. The molecular formula is C16H14Cl3NOS. The van der Waals surface area contributed by atoms with Crippen LogP contribution in [0.2, 0.25) is 15.1 Å². The molecular weight excluding hydrogens is 361 g/mol. The number of hydrogen-bond donors (Lipinski definition) is 0. The van der Waals surface area contributed by atoms with Gasteiger partial charge in [-0.05, 0) is 23.8 Å². The van der Waals surface area contributed by atoms with Gasteiger partial charge in [-0.2, -0.15) is 11.8 Å². The maximum absolute atomic E-state index is 6.23. The number of rotatable bonds is 6. The van der Waals surface area contributed by atoms with E-state index in [4.69, 9.17) is 39.6 Å². The third kappa shape index (κ3) is 4.82. The van der Waals surface area contributed by atoms with Crippen LogP contribution in [0.25, 0.3) is 0 Å². The van der Waals surface area contributed by atoms with E-state index in [-0.39, 0.29) is 0 Å². The van der Waals surface area contributed by atoms with Crippen LogP contribution in [0.4, 0.5) is 0 Å². The van der Waals surface area contributed by atoms with E-state index in [1.54, 1.807) is 23.9 Å². The monoisotopic (exact) mass is 373 g/mol. The zero-order valence-corrected chi connectivity index (χ0v) is 14.9.